The molecule has 2 aliphatic rings. The van der Waals surface area contributed by atoms with E-state index in [9.17, 15) is 0 Å². The Morgan fingerprint density at radius 2 is 1.52 bits per heavy atom. The lowest BCUT2D eigenvalue weighted by atomic mass is 10.0. The van der Waals surface area contributed by atoms with Gasteiger partial charge in [-0.3, -0.25) is 4.90 Å². The van der Waals surface area contributed by atoms with E-state index < -0.39 is 0 Å². The third-order valence-electron chi connectivity index (χ3n) is 5.23. The van der Waals surface area contributed by atoms with Crippen molar-refractivity contribution in [3.05, 3.63) is 54.1 Å². The van der Waals surface area contributed by atoms with Crippen LogP contribution in [-0.2, 0) is 0 Å². The Balaban J connectivity index is 1.46. The summed E-state index contributed by atoms with van der Waals surface area (Å²) in [5.41, 5.74) is 7.89. The molecular formula is C20H24N2O. The molecule has 2 aromatic carbocycles. The summed E-state index contributed by atoms with van der Waals surface area (Å²) < 4.78 is 5.89. The minimum absolute atomic E-state index is 0.603. The van der Waals surface area contributed by atoms with Gasteiger partial charge in [0.25, 0.3) is 0 Å². The fourth-order valence-electron chi connectivity index (χ4n) is 4.05. The summed E-state index contributed by atoms with van der Waals surface area (Å²) in [5, 5.41) is 0. The molecule has 3 nitrogen and oxygen atoms in total. The van der Waals surface area contributed by atoms with Crippen molar-refractivity contribution in [1.29, 1.82) is 0 Å². The van der Waals surface area contributed by atoms with Crippen molar-refractivity contribution in [1.82, 2.24) is 4.90 Å². The van der Waals surface area contributed by atoms with Gasteiger partial charge in [-0.1, -0.05) is 18.6 Å². The average Bonchev–Trinajstić information content (AvgIpc) is 3.02. The average molecular weight is 308 g/mol. The van der Waals surface area contributed by atoms with Gasteiger partial charge in [0, 0.05) is 17.8 Å². The SMILES string of the molecule is Nc1ccc(Oc2ccc([C@@H]3CCC4CCCCN43)cc2)cc1. The van der Waals surface area contributed by atoms with Crippen molar-refractivity contribution in [2.45, 2.75) is 44.2 Å². The van der Waals surface area contributed by atoms with E-state index in [-0.39, 0.29) is 0 Å². The highest BCUT2D eigenvalue weighted by Crippen LogP contribution is 2.40. The van der Waals surface area contributed by atoms with Crippen molar-refractivity contribution in [3.63, 3.8) is 0 Å². The van der Waals surface area contributed by atoms with Crippen LogP contribution in [0, 0.1) is 0 Å². The van der Waals surface area contributed by atoms with Gasteiger partial charge in [0.2, 0.25) is 0 Å². The van der Waals surface area contributed by atoms with Gasteiger partial charge in [0.1, 0.15) is 11.5 Å². The van der Waals surface area contributed by atoms with E-state index >= 15 is 0 Å². The highest BCUT2D eigenvalue weighted by atomic mass is 16.5. The third kappa shape index (κ3) is 3.06. The van der Waals surface area contributed by atoms with Gasteiger partial charge in [-0.05, 0) is 74.2 Å². The maximum atomic E-state index is 5.89. The first kappa shape index (κ1) is 14.6. The molecule has 2 aromatic rings. The van der Waals surface area contributed by atoms with Crippen LogP contribution in [0.4, 0.5) is 5.69 Å². The van der Waals surface area contributed by atoms with E-state index in [1.165, 1.54) is 44.2 Å². The molecule has 0 aromatic heterocycles. The van der Waals surface area contributed by atoms with Crippen LogP contribution in [-0.4, -0.2) is 17.5 Å². The van der Waals surface area contributed by atoms with Crippen LogP contribution < -0.4 is 10.5 Å². The molecule has 0 amide bonds. The molecule has 120 valence electrons. The zero-order valence-corrected chi connectivity index (χ0v) is 13.4. The second kappa shape index (κ2) is 6.25. The molecule has 0 spiro atoms. The summed E-state index contributed by atoms with van der Waals surface area (Å²) in [6.07, 6.45) is 6.79. The second-order valence-electron chi connectivity index (χ2n) is 6.72. The van der Waals surface area contributed by atoms with Crippen LogP contribution >= 0.6 is 0 Å². The standard InChI is InChI=1S/C20H24N2O/c21-16-6-11-19(12-7-16)23-18-9-4-15(5-10-18)20-13-8-17-3-1-2-14-22(17)20/h4-7,9-12,17,20H,1-3,8,13-14,21H2/t17?,20-/m0/s1. The van der Waals surface area contributed by atoms with Crippen molar-refractivity contribution in [2.75, 3.05) is 12.3 Å². The number of rotatable bonds is 3. The molecule has 2 heterocycles. The van der Waals surface area contributed by atoms with Gasteiger partial charge < -0.3 is 10.5 Å². The number of fused-ring (bicyclic) bond motifs is 1. The molecule has 2 N–H and O–H groups in total. The Morgan fingerprint density at radius 3 is 2.26 bits per heavy atom. The number of nitrogens with two attached hydrogens (primary N) is 1. The Kier molecular flexibility index (Phi) is 3.96. The summed E-state index contributed by atoms with van der Waals surface area (Å²) in [7, 11) is 0. The normalized spacial score (nSPS) is 24.3. The fourth-order valence-corrected chi connectivity index (χ4v) is 4.05. The molecule has 23 heavy (non-hydrogen) atoms. The van der Waals surface area contributed by atoms with Crippen LogP contribution in [0.1, 0.15) is 43.7 Å². The molecular weight excluding hydrogens is 284 g/mol. The lowest BCUT2D eigenvalue weighted by Gasteiger charge is -2.34. The first-order valence-corrected chi connectivity index (χ1v) is 8.69. The van der Waals surface area contributed by atoms with E-state index in [1.807, 2.05) is 24.3 Å². The van der Waals surface area contributed by atoms with Crippen molar-refractivity contribution in [3.8, 4) is 11.5 Å². The van der Waals surface area contributed by atoms with Gasteiger partial charge in [-0.15, -0.1) is 0 Å². The Hall–Kier alpha value is -2.00. The summed E-state index contributed by atoms with van der Waals surface area (Å²) in [6, 6.07) is 17.6. The monoisotopic (exact) mass is 308 g/mol. The van der Waals surface area contributed by atoms with Gasteiger partial charge in [-0.25, -0.2) is 0 Å². The molecule has 1 unspecified atom stereocenters. The number of piperidine rings is 1. The number of anilines is 1. The molecule has 2 fully saturated rings. The summed E-state index contributed by atoms with van der Waals surface area (Å²) >= 11 is 0. The van der Waals surface area contributed by atoms with Crippen LogP contribution in [0.2, 0.25) is 0 Å². The largest absolute Gasteiger partial charge is 0.457 e. The Bertz CT molecular complexity index is 650. The fraction of sp³-hybridized carbons (Fsp3) is 0.400. The lowest BCUT2D eigenvalue weighted by Crippen LogP contribution is -2.35. The second-order valence-corrected chi connectivity index (χ2v) is 6.72. The van der Waals surface area contributed by atoms with Crippen LogP contribution in [0.25, 0.3) is 0 Å². The number of nitrogens with zero attached hydrogens (tertiary/aromatic N) is 1. The molecule has 3 heteroatoms. The van der Waals surface area contributed by atoms with Crippen molar-refractivity contribution in [2.24, 2.45) is 0 Å². The lowest BCUT2D eigenvalue weighted by molar-refractivity contribution is 0.150. The van der Waals surface area contributed by atoms with Crippen LogP contribution in [0.5, 0.6) is 11.5 Å². The summed E-state index contributed by atoms with van der Waals surface area (Å²) in [4.78, 5) is 2.72. The maximum Gasteiger partial charge on any atom is 0.127 e. The number of ether oxygens (including phenoxy) is 1. The first-order chi connectivity index (χ1) is 11.3. The maximum absolute atomic E-state index is 5.89. The first-order valence-electron chi connectivity index (χ1n) is 8.69. The van der Waals surface area contributed by atoms with E-state index in [0.29, 0.717) is 6.04 Å². The van der Waals surface area contributed by atoms with Crippen LogP contribution in [0.3, 0.4) is 0 Å². The molecule has 0 aliphatic carbocycles. The number of hydrogen-bond donors (Lipinski definition) is 1. The number of nitrogen functional groups attached to an aromatic ring is 1. The predicted octanol–water partition coefficient (Wildman–Crippen LogP) is 4.75. The number of hydrogen-bond acceptors (Lipinski definition) is 3. The van der Waals surface area contributed by atoms with Gasteiger partial charge in [0.05, 0.1) is 0 Å². The quantitative estimate of drug-likeness (QED) is 0.832. The zero-order chi connectivity index (χ0) is 15.6. The van der Waals surface area contributed by atoms with Gasteiger partial charge >= 0.3 is 0 Å². The topological polar surface area (TPSA) is 38.5 Å². The smallest absolute Gasteiger partial charge is 0.127 e. The summed E-state index contributed by atoms with van der Waals surface area (Å²) in [5.74, 6) is 1.70. The molecule has 2 saturated heterocycles. The minimum atomic E-state index is 0.603. The molecule has 0 radical (unpaired) electrons. The number of benzene rings is 2. The van der Waals surface area contributed by atoms with Gasteiger partial charge in [0.15, 0.2) is 0 Å². The van der Waals surface area contributed by atoms with E-state index in [2.05, 4.69) is 29.2 Å². The van der Waals surface area contributed by atoms with E-state index in [4.69, 9.17) is 10.5 Å². The highest BCUT2D eigenvalue weighted by Gasteiger charge is 2.35. The third-order valence-corrected chi connectivity index (χ3v) is 5.23. The molecule has 0 saturated carbocycles. The molecule has 2 atom stereocenters. The summed E-state index contributed by atoms with van der Waals surface area (Å²) in [6.45, 7) is 1.26. The van der Waals surface area contributed by atoms with Crippen molar-refractivity contribution >= 4 is 5.69 Å². The highest BCUT2D eigenvalue weighted by molar-refractivity contribution is 5.43. The Morgan fingerprint density at radius 1 is 0.826 bits per heavy atom. The molecule has 4 rings (SSSR count). The van der Waals surface area contributed by atoms with Crippen molar-refractivity contribution < 1.29 is 4.74 Å². The van der Waals surface area contributed by atoms with E-state index in [0.717, 1.165) is 23.2 Å². The Labute approximate surface area is 138 Å². The minimum Gasteiger partial charge on any atom is -0.457 e. The van der Waals surface area contributed by atoms with Crippen LogP contribution in [0.15, 0.2) is 48.5 Å². The zero-order valence-electron chi connectivity index (χ0n) is 13.4. The molecule has 2 aliphatic heterocycles. The van der Waals surface area contributed by atoms with Gasteiger partial charge in [-0.2, -0.15) is 0 Å². The predicted molar refractivity (Wildman–Crippen MR) is 93.7 cm³/mol. The van der Waals surface area contributed by atoms with E-state index in [1.54, 1.807) is 0 Å². The molecule has 0 bridgehead atoms.